The number of amides is 1. The number of carboxylic acid groups (broad SMARTS) is 1. The summed E-state index contributed by atoms with van der Waals surface area (Å²) in [5.74, 6) is -2.02. The molecule has 1 fully saturated rings. The molecule has 0 aromatic heterocycles. The Morgan fingerprint density at radius 2 is 2.16 bits per heavy atom. The number of carbonyl (C=O) groups is 2. The van der Waals surface area contributed by atoms with E-state index >= 15 is 0 Å². The fourth-order valence-electron chi connectivity index (χ4n) is 1.86. The van der Waals surface area contributed by atoms with E-state index in [0.717, 1.165) is 3.57 Å². The number of benzene rings is 1. The van der Waals surface area contributed by atoms with Gasteiger partial charge in [-0.3, -0.25) is 9.59 Å². The van der Waals surface area contributed by atoms with Crippen molar-refractivity contribution in [3.8, 4) is 0 Å². The molecule has 1 saturated heterocycles. The SMILES string of the molecule is O=C(NC1COCC1C(=O)O)c1cc(Cl)ccc1I. The summed E-state index contributed by atoms with van der Waals surface area (Å²) in [7, 11) is 0. The summed E-state index contributed by atoms with van der Waals surface area (Å²) in [6, 6.07) is 4.47. The molecule has 0 aliphatic carbocycles. The first kappa shape index (κ1) is 14.5. The average Bonchev–Trinajstić information content (AvgIpc) is 2.80. The van der Waals surface area contributed by atoms with Gasteiger partial charge in [0.15, 0.2) is 0 Å². The maximum atomic E-state index is 12.1. The van der Waals surface area contributed by atoms with Gasteiger partial charge in [-0.25, -0.2) is 0 Å². The number of aliphatic carboxylic acids is 1. The van der Waals surface area contributed by atoms with E-state index in [9.17, 15) is 9.59 Å². The number of carbonyl (C=O) groups excluding carboxylic acids is 1. The minimum absolute atomic E-state index is 0.118. The van der Waals surface area contributed by atoms with Crippen LogP contribution in [0.4, 0.5) is 0 Å². The number of carboxylic acids is 1. The summed E-state index contributed by atoms with van der Waals surface area (Å²) in [6.07, 6.45) is 0. The standard InChI is InChI=1S/C12H11ClINO4/c13-6-1-2-9(14)7(3-6)11(16)15-10-5-19-4-8(10)12(17)18/h1-3,8,10H,4-5H2,(H,15,16)(H,17,18). The molecular formula is C12H11ClINO4. The number of halogens is 2. The largest absolute Gasteiger partial charge is 0.481 e. The van der Waals surface area contributed by atoms with E-state index in [0.29, 0.717) is 10.6 Å². The van der Waals surface area contributed by atoms with Crippen LogP contribution in [0.3, 0.4) is 0 Å². The zero-order chi connectivity index (χ0) is 14.0. The molecule has 1 amide bonds. The third-order valence-corrected chi connectivity index (χ3v) is 4.06. The second kappa shape index (κ2) is 6.06. The van der Waals surface area contributed by atoms with Gasteiger partial charge in [-0.1, -0.05) is 11.6 Å². The van der Waals surface area contributed by atoms with Crippen molar-refractivity contribution < 1.29 is 19.4 Å². The predicted octanol–water partition coefficient (Wildman–Crippen LogP) is 1.77. The van der Waals surface area contributed by atoms with E-state index in [1.165, 1.54) is 0 Å². The zero-order valence-electron chi connectivity index (χ0n) is 9.73. The van der Waals surface area contributed by atoms with Crippen LogP contribution in [-0.2, 0) is 9.53 Å². The van der Waals surface area contributed by atoms with Crippen LogP contribution in [0, 0.1) is 9.49 Å². The van der Waals surface area contributed by atoms with Gasteiger partial charge in [0.05, 0.1) is 24.8 Å². The van der Waals surface area contributed by atoms with E-state index in [1.54, 1.807) is 18.2 Å². The van der Waals surface area contributed by atoms with Crippen molar-refractivity contribution in [2.45, 2.75) is 6.04 Å². The van der Waals surface area contributed by atoms with Crippen molar-refractivity contribution in [2.24, 2.45) is 5.92 Å². The van der Waals surface area contributed by atoms with Gasteiger partial charge >= 0.3 is 5.97 Å². The first-order valence-corrected chi connectivity index (χ1v) is 7.01. The fourth-order valence-corrected chi connectivity index (χ4v) is 2.61. The Hall–Kier alpha value is -0.860. The summed E-state index contributed by atoms with van der Waals surface area (Å²) in [6.45, 7) is 0.326. The minimum Gasteiger partial charge on any atom is -0.481 e. The molecule has 0 radical (unpaired) electrons. The lowest BCUT2D eigenvalue weighted by Gasteiger charge is -2.16. The molecule has 1 aliphatic heterocycles. The normalized spacial score (nSPS) is 22.2. The summed E-state index contributed by atoms with van der Waals surface area (Å²) in [5, 5.41) is 12.2. The Kier molecular flexibility index (Phi) is 4.64. The van der Waals surface area contributed by atoms with E-state index < -0.39 is 17.9 Å². The lowest BCUT2D eigenvalue weighted by atomic mass is 10.0. The fraction of sp³-hybridized carbons (Fsp3) is 0.333. The van der Waals surface area contributed by atoms with Gasteiger partial charge in [0.25, 0.3) is 5.91 Å². The topological polar surface area (TPSA) is 75.6 Å². The van der Waals surface area contributed by atoms with Crippen molar-refractivity contribution in [2.75, 3.05) is 13.2 Å². The van der Waals surface area contributed by atoms with E-state index in [1.807, 2.05) is 22.6 Å². The molecule has 5 nitrogen and oxygen atoms in total. The van der Waals surface area contributed by atoms with E-state index in [-0.39, 0.29) is 19.1 Å². The molecule has 1 heterocycles. The van der Waals surface area contributed by atoms with Gasteiger partial charge in [0.1, 0.15) is 5.92 Å². The molecule has 2 atom stereocenters. The van der Waals surface area contributed by atoms with Crippen molar-refractivity contribution in [1.82, 2.24) is 5.32 Å². The van der Waals surface area contributed by atoms with Gasteiger partial charge in [-0.15, -0.1) is 0 Å². The minimum atomic E-state index is -0.969. The number of nitrogens with one attached hydrogen (secondary N) is 1. The van der Waals surface area contributed by atoms with Gasteiger partial charge < -0.3 is 15.2 Å². The Labute approximate surface area is 128 Å². The van der Waals surface area contributed by atoms with Gasteiger partial charge in [-0.05, 0) is 40.8 Å². The van der Waals surface area contributed by atoms with E-state index in [2.05, 4.69) is 5.32 Å². The Balaban J connectivity index is 2.12. The average molecular weight is 396 g/mol. The van der Waals surface area contributed by atoms with Crippen LogP contribution >= 0.6 is 34.2 Å². The molecule has 1 aromatic carbocycles. The van der Waals surface area contributed by atoms with Crippen molar-refractivity contribution >= 4 is 46.1 Å². The van der Waals surface area contributed by atoms with Gasteiger partial charge in [0, 0.05) is 8.59 Å². The molecule has 0 spiro atoms. The van der Waals surface area contributed by atoms with Crippen LogP contribution in [0.1, 0.15) is 10.4 Å². The number of hydrogen-bond donors (Lipinski definition) is 2. The first-order chi connectivity index (χ1) is 8.99. The quantitative estimate of drug-likeness (QED) is 0.765. The highest BCUT2D eigenvalue weighted by molar-refractivity contribution is 14.1. The Morgan fingerprint density at radius 3 is 2.84 bits per heavy atom. The van der Waals surface area contributed by atoms with Crippen LogP contribution in [0.25, 0.3) is 0 Å². The summed E-state index contributed by atoms with van der Waals surface area (Å²) in [4.78, 5) is 23.1. The highest BCUT2D eigenvalue weighted by Crippen LogP contribution is 2.19. The molecule has 2 rings (SSSR count). The molecular weight excluding hydrogens is 384 g/mol. The monoisotopic (exact) mass is 395 g/mol. The molecule has 102 valence electrons. The van der Waals surface area contributed by atoms with Crippen LogP contribution < -0.4 is 5.32 Å². The second-order valence-corrected chi connectivity index (χ2v) is 5.78. The molecule has 1 aromatic rings. The summed E-state index contributed by atoms with van der Waals surface area (Å²) in [5.41, 5.74) is 0.434. The zero-order valence-corrected chi connectivity index (χ0v) is 12.6. The van der Waals surface area contributed by atoms with Crippen LogP contribution in [-0.4, -0.2) is 36.2 Å². The highest BCUT2D eigenvalue weighted by Gasteiger charge is 2.35. The lowest BCUT2D eigenvalue weighted by molar-refractivity contribution is -0.142. The van der Waals surface area contributed by atoms with Crippen molar-refractivity contribution in [3.05, 3.63) is 32.4 Å². The molecule has 2 unspecified atom stereocenters. The van der Waals surface area contributed by atoms with Crippen LogP contribution in [0.2, 0.25) is 5.02 Å². The lowest BCUT2D eigenvalue weighted by Crippen LogP contribution is -2.42. The number of ether oxygens (including phenoxy) is 1. The predicted molar refractivity (Wildman–Crippen MR) is 77.4 cm³/mol. The third kappa shape index (κ3) is 3.37. The number of rotatable bonds is 3. The maximum absolute atomic E-state index is 12.1. The smallest absolute Gasteiger partial charge is 0.311 e. The highest BCUT2D eigenvalue weighted by atomic mass is 127. The molecule has 7 heteroatoms. The second-order valence-electron chi connectivity index (χ2n) is 4.19. The Bertz CT molecular complexity index is 522. The molecule has 2 N–H and O–H groups in total. The summed E-state index contributed by atoms with van der Waals surface area (Å²) >= 11 is 7.88. The van der Waals surface area contributed by atoms with Crippen LogP contribution in [0.15, 0.2) is 18.2 Å². The maximum Gasteiger partial charge on any atom is 0.311 e. The third-order valence-electron chi connectivity index (χ3n) is 2.89. The van der Waals surface area contributed by atoms with Crippen molar-refractivity contribution in [3.63, 3.8) is 0 Å². The number of hydrogen-bond acceptors (Lipinski definition) is 3. The summed E-state index contributed by atoms with van der Waals surface area (Å²) < 4.78 is 5.85. The van der Waals surface area contributed by atoms with Crippen LogP contribution in [0.5, 0.6) is 0 Å². The van der Waals surface area contributed by atoms with Gasteiger partial charge in [-0.2, -0.15) is 0 Å². The molecule has 1 aliphatic rings. The van der Waals surface area contributed by atoms with E-state index in [4.69, 9.17) is 21.4 Å². The Morgan fingerprint density at radius 1 is 1.42 bits per heavy atom. The molecule has 19 heavy (non-hydrogen) atoms. The van der Waals surface area contributed by atoms with Gasteiger partial charge in [0.2, 0.25) is 0 Å². The van der Waals surface area contributed by atoms with Crippen molar-refractivity contribution in [1.29, 1.82) is 0 Å². The first-order valence-electron chi connectivity index (χ1n) is 5.55. The molecule has 0 saturated carbocycles. The molecule has 0 bridgehead atoms.